The van der Waals surface area contributed by atoms with E-state index in [4.69, 9.17) is 27.9 Å². The summed E-state index contributed by atoms with van der Waals surface area (Å²) in [7, 11) is 0. The molecule has 11 heteroatoms. The van der Waals surface area contributed by atoms with Crippen molar-refractivity contribution in [2.45, 2.75) is 26.0 Å². The highest BCUT2D eigenvalue weighted by molar-refractivity contribution is 9.10. The van der Waals surface area contributed by atoms with Crippen molar-refractivity contribution < 1.29 is 31.1 Å². The molecule has 0 spiro atoms. The molecule has 2 aromatic rings. The summed E-state index contributed by atoms with van der Waals surface area (Å²) < 4.78 is 85.2. The Morgan fingerprint density at radius 3 is 2.12 bits per heavy atom. The van der Waals surface area contributed by atoms with Gasteiger partial charge < -0.3 is 9.30 Å². The Morgan fingerprint density at radius 1 is 1.04 bits per heavy atom. The van der Waals surface area contributed by atoms with Crippen LogP contribution in [-0.4, -0.2) is 11.2 Å². The molecule has 0 aliphatic rings. The van der Waals surface area contributed by atoms with Gasteiger partial charge in [-0.2, -0.15) is 26.3 Å². The van der Waals surface area contributed by atoms with E-state index in [1.54, 1.807) is 0 Å². The number of benzene rings is 1. The van der Waals surface area contributed by atoms with E-state index in [0.717, 1.165) is 0 Å². The van der Waals surface area contributed by atoms with Gasteiger partial charge in [0.25, 0.3) is 0 Å². The smallest absolute Gasteiger partial charge is 0.361 e. The number of ether oxygens (including phenoxy) is 1. The van der Waals surface area contributed by atoms with Gasteiger partial charge in [0, 0.05) is 12.2 Å². The van der Waals surface area contributed by atoms with E-state index in [1.807, 2.05) is 0 Å². The number of aromatic nitrogens is 1. The number of alkyl halides is 6. The molecule has 0 N–H and O–H groups in total. The summed E-state index contributed by atoms with van der Waals surface area (Å²) >= 11 is 14.3. The first-order chi connectivity index (χ1) is 11.9. The molecule has 0 aliphatic carbocycles. The molecule has 2 nitrogen and oxygen atoms in total. The predicted octanol–water partition coefficient (Wildman–Crippen LogP) is 7.26. The minimum absolute atomic E-state index is 0.00919. The molecule has 1 aromatic carbocycles. The van der Waals surface area contributed by atoms with Gasteiger partial charge >= 0.3 is 12.4 Å². The van der Waals surface area contributed by atoms with Crippen molar-refractivity contribution >= 4 is 39.1 Å². The lowest BCUT2D eigenvalue weighted by atomic mass is 10.1. The molecule has 0 atom stereocenters. The van der Waals surface area contributed by atoms with Crippen LogP contribution in [0.2, 0.25) is 10.0 Å². The topological polar surface area (TPSA) is 14.2 Å². The van der Waals surface area contributed by atoms with Crippen LogP contribution in [0.1, 0.15) is 18.2 Å². The van der Waals surface area contributed by atoms with E-state index in [2.05, 4.69) is 15.9 Å². The third kappa shape index (κ3) is 4.16. The molecule has 0 unspecified atom stereocenters. The van der Waals surface area contributed by atoms with Crippen LogP contribution < -0.4 is 0 Å². The van der Waals surface area contributed by atoms with Gasteiger partial charge in [-0.3, -0.25) is 0 Å². The second-order valence-corrected chi connectivity index (χ2v) is 6.67. The maximum Gasteiger partial charge on any atom is 0.432 e. The highest BCUT2D eigenvalue weighted by Gasteiger charge is 2.49. The Balaban J connectivity index is 2.89. The molecule has 0 fully saturated rings. The fraction of sp³-hybridized carbons (Fsp3) is 0.333. The molecule has 1 heterocycles. The van der Waals surface area contributed by atoms with Crippen LogP contribution in [0.3, 0.4) is 0 Å². The van der Waals surface area contributed by atoms with Crippen molar-refractivity contribution in [1.82, 2.24) is 4.57 Å². The van der Waals surface area contributed by atoms with Gasteiger partial charge in [0.2, 0.25) is 0 Å². The molecule has 144 valence electrons. The zero-order valence-corrected chi connectivity index (χ0v) is 16.0. The lowest BCUT2D eigenvalue weighted by molar-refractivity contribution is -0.167. The van der Waals surface area contributed by atoms with Crippen LogP contribution in [0.5, 0.6) is 0 Å². The van der Waals surface area contributed by atoms with E-state index in [9.17, 15) is 26.3 Å². The number of nitrogens with zero attached hydrogens (tertiary/aromatic N) is 1. The van der Waals surface area contributed by atoms with Crippen LogP contribution in [0.15, 0.2) is 22.7 Å². The summed E-state index contributed by atoms with van der Waals surface area (Å²) in [5.74, 6) is 0. The van der Waals surface area contributed by atoms with Crippen molar-refractivity contribution in [3.8, 4) is 11.3 Å². The summed E-state index contributed by atoms with van der Waals surface area (Å²) in [5, 5.41) is 0.101. The molecule has 26 heavy (non-hydrogen) atoms. The fourth-order valence-electron chi connectivity index (χ4n) is 2.38. The van der Waals surface area contributed by atoms with E-state index >= 15 is 0 Å². The zero-order valence-electron chi connectivity index (χ0n) is 12.9. The molecule has 0 amide bonds. The van der Waals surface area contributed by atoms with E-state index < -0.39 is 34.8 Å². The van der Waals surface area contributed by atoms with Crippen LogP contribution in [-0.2, 0) is 23.8 Å². The SMILES string of the molecule is CCOCn1c(-c2ccc(Cl)c(Cl)c2)c(Br)c(C(F)(F)F)c1C(F)(F)F. The summed E-state index contributed by atoms with van der Waals surface area (Å²) in [4.78, 5) is 0. The van der Waals surface area contributed by atoms with Crippen LogP contribution in [0.25, 0.3) is 11.3 Å². The van der Waals surface area contributed by atoms with Gasteiger partial charge in [0.15, 0.2) is 0 Å². The van der Waals surface area contributed by atoms with Gasteiger partial charge in [-0.25, -0.2) is 0 Å². The Hall–Kier alpha value is -0.900. The number of hydrogen-bond donors (Lipinski definition) is 0. The molecular formula is C15H10BrCl2F6NO. The van der Waals surface area contributed by atoms with E-state index in [1.165, 1.54) is 25.1 Å². The fourth-order valence-corrected chi connectivity index (χ4v) is 3.53. The second kappa shape index (κ2) is 7.61. The maximum absolute atomic E-state index is 13.5. The first kappa shape index (κ1) is 21.4. The van der Waals surface area contributed by atoms with Crippen LogP contribution in [0, 0.1) is 0 Å². The normalized spacial score (nSPS) is 12.7. The molecule has 1 aromatic heterocycles. The van der Waals surface area contributed by atoms with Crippen molar-refractivity contribution in [2.24, 2.45) is 0 Å². The van der Waals surface area contributed by atoms with Gasteiger partial charge in [-0.1, -0.05) is 29.3 Å². The molecular weight excluding hydrogens is 475 g/mol. The third-order valence-electron chi connectivity index (χ3n) is 3.37. The summed E-state index contributed by atoms with van der Waals surface area (Å²) in [6.07, 6.45) is -10.5. The van der Waals surface area contributed by atoms with Crippen LogP contribution >= 0.6 is 39.1 Å². The monoisotopic (exact) mass is 483 g/mol. The molecule has 2 rings (SSSR count). The minimum Gasteiger partial charge on any atom is -0.361 e. The van der Waals surface area contributed by atoms with Crippen molar-refractivity contribution in [2.75, 3.05) is 6.61 Å². The van der Waals surface area contributed by atoms with Gasteiger partial charge in [0.05, 0.1) is 20.2 Å². The average Bonchev–Trinajstić information content (AvgIpc) is 2.80. The predicted molar refractivity (Wildman–Crippen MR) is 89.2 cm³/mol. The first-order valence-electron chi connectivity index (χ1n) is 6.99. The number of hydrogen-bond acceptors (Lipinski definition) is 1. The summed E-state index contributed by atoms with van der Waals surface area (Å²) in [6.45, 7) is 0.792. The molecule has 0 bridgehead atoms. The number of halogens is 9. The van der Waals surface area contributed by atoms with E-state index in [0.29, 0.717) is 4.57 Å². The Bertz CT molecular complexity index is 816. The Morgan fingerprint density at radius 2 is 1.65 bits per heavy atom. The van der Waals surface area contributed by atoms with Gasteiger partial charge in [-0.15, -0.1) is 0 Å². The lowest BCUT2D eigenvalue weighted by Crippen LogP contribution is -2.21. The van der Waals surface area contributed by atoms with E-state index in [-0.39, 0.29) is 27.9 Å². The summed E-state index contributed by atoms with van der Waals surface area (Å²) in [6, 6.07) is 3.74. The molecule has 0 saturated heterocycles. The van der Waals surface area contributed by atoms with Gasteiger partial charge in [0.1, 0.15) is 18.0 Å². The number of rotatable bonds is 4. The minimum atomic E-state index is -5.26. The first-order valence-corrected chi connectivity index (χ1v) is 8.54. The van der Waals surface area contributed by atoms with Crippen LogP contribution in [0.4, 0.5) is 26.3 Å². The third-order valence-corrected chi connectivity index (χ3v) is 4.88. The lowest BCUT2D eigenvalue weighted by Gasteiger charge is -2.17. The quantitative estimate of drug-likeness (QED) is 0.416. The Labute approximate surface area is 162 Å². The maximum atomic E-state index is 13.5. The second-order valence-electron chi connectivity index (χ2n) is 5.06. The molecule has 0 saturated carbocycles. The molecule has 0 radical (unpaired) electrons. The Kier molecular flexibility index (Phi) is 6.27. The zero-order chi connectivity index (χ0) is 19.9. The van der Waals surface area contributed by atoms with Gasteiger partial charge in [-0.05, 0) is 35.0 Å². The van der Waals surface area contributed by atoms with Crippen molar-refractivity contribution in [3.63, 3.8) is 0 Å². The highest BCUT2D eigenvalue weighted by atomic mass is 79.9. The average molecular weight is 485 g/mol. The molecule has 0 aliphatic heterocycles. The van der Waals surface area contributed by atoms with Crippen molar-refractivity contribution in [3.05, 3.63) is 44.0 Å². The van der Waals surface area contributed by atoms with Crippen molar-refractivity contribution in [1.29, 1.82) is 0 Å². The standard InChI is InChI=1S/C15H10BrCl2F6NO/c1-2-26-6-25-12(7-3-4-8(17)9(18)5-7)11(16)10(14(19,20)21)13(25)15(22,23)24/h3-5H,2,6H2,1H3. The largest absolute Gasteiger partial charge is 0.432 e. The highest BCUT2D eigenvalue weighted by Crippen LogP contribution is 2.49. The summed E-state index contributed by atoms with van der Waals surface area (Å²) in [5.41, 5.74) is -4.03.